The quantitative estimate of drug-likeness (QED) is 0.128. The van der Waals surface area contributed by atoms with Gasteiger partial charge in [-0.2, -0.15) is 0 Å². The van der Waals surface area contributed by atoms with Crippen LogP contribution in [0.4, 0.5) is 0 Å². The second kappa shape index (κ2) is 21.0. The number of fused-ring (bicyclic) bond motifs is 5. The van der Waals surface area contributed by atoms with Crippen molar-refractivity contribution in [3.05, 3.63) is 108 Å². The zero-order valence-corrected chi connectivity index (χ0v) is 39.4. The molecule has 0 aromatic heterocycles. The Morgan fingerprint density at radius 3 is 1.95 bits per heavy atom. The summed E-state index contributed by atoms with van der Waals surface area (Å²) in [5, 5.41) is 3.26. The fraction of sp³-hybridized carbons (Fsp3) is 0.661. The van der Waals surface area contributed by atoms with Gasteiger partial charge >= 0.3 is 0 Å². The van der Waals surface area contributed by atoms with Crippen LogP contribution in [-0.4, -0.2) is 49.3 Å². The van der Waals surface area contributed by atoms with E-state index in [1.54, 1.807) is 6.92 Å². The molecule has 63 heavy (non-hydrogen) atoms. The summed E-state index contributed by atoms with van der Waals surface area (Å²) >= 11 is 0. The fourth-order valence-electron chi connectivity index (χ4n) is 13.9. The highest BCUT2D eigenvalue weighted by atomic mass is 16.7. The molecule has 0 spiro atoms. The summed E-state index contributed by atoms with van der Waals surface area (Å²) < 4.78 is 34.4. The van der Waals surface area contributed by atoms with E-state index in [1.165, 1.54) is 64.2 Å². The standard InChI is InChI=1S/C56H79NO6/c1-38(2)17-16-18-39(3)47-27-28-48-46-26-25-44-33-45(29-31-55(44,5)49(46)30-32-56(47,48)6)62-54-51(57-40(4)58)53(61-36-43-23-14-9-15-24-43)52(60-35-42-21-12-8-13-22-42)50(63-54)37-59-34-41-19-10-7-11-20-41/h7-15,19-24,38-39,44-54H,16-18,25-37H2,1-6H3,(H,57,58)/t39-,44?,45+,46?,47-,48?,49?,50?,51?,52-,53-,54+,55+,56-/m1/s1. The largest absolute Gasteiger partial charge is 0.374 e. The molecule has 0 radical (unpaired) electrons. The van der Waals surface area contributed by atoms with Crippen molar-refractivity contribution in [3.63, 3.8) is 0 Å². The molecule has 1 amide bonds. The number of hydrogen-bond acceptors (Lipinski definition) is 6. The summed E-state index contributed by atoms with van der Waals surface area (Å²) in [6, 6.07) is 30.1. The van der Waals surface area contributed by atoms with Crippen LogP contribution in [0.5, 0.6) is 0 Å². The number of carbonyl (C=O) groups excluding carboxylic acids is 1. The van der Waals surface area contributed by atoms with Crippen LogP contribution in [0.15, 0.2) is 91.0 Å². The molecule has 4 aliphatic carbocycles. The summed E-state index contributed by atoms with van der Waals surface area (Å²) in [4.78, 5) is 13.1. The zero-order chi connectivity index (χ0) is 44.0. The van der Waals surface area contributed by atoms with E-state index in [0.717, 1.165) is 65.0 Å². The van der Waals surface area contributed by atoms with Gasteiger partial charge in [0.15, 0.2) is 6.29 Å². The Labute approximate surface area is 380 Å². The predicted molar refractivity (Wildman–Crippen MR) is 250 cm³/mol. The van der Waals surface area contributed by atoms with Crippen LogP contribution in [0.3, 0.4) is 0 Å². The van der Waals surface area contributed by atoms with Gasteiger partial charge in [0.05, 0.1) is 32.5 Å². The summed E-state index contributed by atoms with van der Waals surface area (Å²) in [5.41, 5.74) is 4.04. The first-order valence-electron chi connectivity index (χ1n) is 25.0. The predicted octanol–water partition coefficient (Wildman–Crippen LogP) is 12.1. The van der Waals surface area contributed by atoms with Gasteiger partial charge in [0.2, 0.25) is 5.91 Å². The Morgan fingerprint density at radius 1 is 0.714 bits per heavy atom. The van der Waals surface area contributed by atoms with Crippen LogP contribution in [0, 0.1) is 52.3 Å². The third-order valence-corrected chi connectivity index (χ3v) is 17.1. The molecule has 7 nitrogen and oxygen atoms in total. The van der Waals surface area contributed by atoms with E-state index in [2.05, 4.69) is 76.3 Å². The molecule has 1 N–H and O–H groups in total. The minimum absolute atomic E-state index is 0.0275. The van der Waals surface area contributed by atoms with Gasteiger partial charge in [-0.25, -0.2) is 0 Å². The number of rotatable bonds is 18. The lowest BCUT2D eigenvalue weighted by Crippen LogP contribution is -2.66. The van der Waals surface area contributed by atoms with Crippen molar-refractivity contribution in [3.8, 4) is 0 Å². The lowest BCUT2D eigenvalue weighted by molar-refractivity contribution is -0.305. The van der Waals surface area contributed by atoms with Crippen molar-refractivity contribution in [2.24, 2.45) is 52.3 Å². The summed E-state index contributed by atoms with van der Waals surface area (Å²) in [7, 11) is 0. The van der Waals surface area contributed by atoms with E-state index in [9.17, 15) is 4.79 Å². The first-order valence-corrected chi connectivity index (χ1v) is 25.0. The molecule has 5 fully saturated rings. The zero-order valence-electron chi connectivity index (χ0n) is 39.4. The maximum atomic E-state index is 13.1. The van der Waals surface area contributed by atoms with E-state index in [-0.39, 0.29) is 18.6 Å². The normalized spacial score (nSPS) is 35.6. The molecule has 5 aliphatic rings. The molecule has 1 aliphatic heterocycles. The minimum Gasteiger partial charge on any atom is -0.374 e. The molecule has 0 bridgehead atoms. The summed E-state index contributed by atoms with van der Waals surface area (Å²) in [5.74, 6) is 5.52. The van der Waals surface area contributed by atoms with E-state index in [1.807, 2.05) is 54.6 Å². The fourth-order valence-corrected chi connectivity index (χ4v) is 13.9. The van der Waals surface area contributed by atoms with E-state index in [0.29, 0.717) is 36.6 Å². The lowest BCUT2D eigenvalue weighted by atomic mass is 9.44. The van der Waals surface area contributed by atoms with Crippen molar-refractivity contribution in [1.29, 1.82) is 0 Å². The Hall–Kier alpha value is -3.07. The number of benzene rings is 3. The van der Waals surface area contributed by atoms with E-state index in [4.69, 9.17) is 23.7 Å². The molecule has 344 valence electrons. The highest BCUT2D eigenvalue weighted by Gasteiger charge is 2.61. The number of nitrogens with one attached hydrogen (secondary N) is 1. The van der Waals surface area contributed by atoms with Gasteiger partial charge in [0, 0.05) is 6.92 Å². The van der Waals surface area contributed by atoms with Crippen LogP contribution in [-0.2, 0) is 48.3 Å². The molecule has 14 atom stereocenters. The third kappa shape index (κ3) is 10.8. The van der Waals surface area contributed by atoms with Crippen LogP contribution < -0.4 is 5.32 Å². The Balaban J connectivity index is 0.991. The highest BCUT2D eigenvalue weighted by molar-refractivity contribution is 5.73. The molecule has 8 rings (SSSR count). The van der Waals surface area contributed by atoms with Gasteiger partial charge in [-0.05, 0) is 127 Å². The second-order valence-corrected chi connectivity index (χ2v) is 21.5. The second-order valence-electron chi connectivity index (χ2n) is 21.5. The number of amides is 1. The van der Waals surface area contributed by atoms with Crippen molar-refractivity contribution in [2.45, 2.75) is 175 Å². The van der Waals surface area contributed by atoms with Gasteiger partial charge in [-0.1, -0.05) is 145 Å². The maximum Gasteiger partial charge on any atom is 0.217 e. The van der Waals surface area contributed by atoms with Gasteiger partial charge < -0.3 is 29.0 Å². The first-order chi connectivity index (χ1) is 30.5. The van der Waals surface area contributed by atoms with Gasteiger partial charge in [-0.3, -0.25) is 4.79 Å². The molecule has 1 heterocycles. The minimum atomic E-state index is -0.726. The molecule has 1 saturated heterocycles. The van der Waals surface area contributed by atoms with Crippen LogP contribution >= 0.6 is 0 Å². The van der Waals surface area contributed by atoms with E-state index < -0.39 is 30.6 Å². The molecule has 4 saturated carbocycles. The molecular weight excluding hydrogens is 783 g/mol. The summed E-state index contributed by atoms with van der Waals surface area (Å²) in [6.07, 6.45) is 13.4. The SMILES string of the molecule is CC(=O)NC1[C@@H](O[C@H]2CC[C@@]3(C)C(CCC4C3CC[C@@]3(C)C4CC[C@@H]3[C@H](C)CCCC(C)C)C2)OC(COCc2ccccc2)[C@@H](OCc2ccccc2)[C@@H]1OCc1ccccc1. The number of carbonyl (C=O) groups is 1. The van der Waals surface area contributed by atoms with Crippen molar-refractivity contribution < 1.29 is 28.5 Å². The lowest BCUT2D eigenvalue weighted by Gasteiger charge is -2.61. The highest BCUT2D eigenvalue weighted by Crippen LogP contribution is 2.68. The van der Waals surface area contributed by atoms with Crippen molar-refractivity contribution in [1.82, 2.24) is 5.32 Å². The molecule has 3 aromatic rings. The molecule has 6 unspecified atom stereocenters. The topological polar surface area (TPSA) is 75.3 Å². The Bertz CT molecular complexity index is 1860. The van der Waals surface area contributed by atoms with E-state index >= 15 is 0 Å². The van der Waals surface area contributed by atoms with Gasteiger partial charge in [0.25, 0.3) is 0 Å². The maximum absolute atomic E-state index is 13.1. The Kier molecular flexibility index (Phi) is 15.5. The monoisotopic (exact) mass is 862 g/mol. The van der Waals surface area contributed by atoms with Crippen LogP contribution in [0.2, 0.25) is 0 Å². The average molecular weight is 862 g/mol. The molecule has 7 heteroatoms. The van der Waals surface area contributed by atoms with Gasteiger partial charge in [0.1, 0.15) is 24.4 Å². The smallest absolute Gasteiger partial charge is 0.217 e. The van der Waals surface area contributed by atoms with Crippen molar-refractivity contribution in [2.75, 3.05) is 6.61 Å². The first kappa shape index (κ1) is 46.5. The van der Waals surface area contributed by atoms with Crippen LogP contribution in [0.25, 0.3) is 0 Å². The van der Waals surface area contributed by atoms with Gasteiger partial charge in [-0.15, -0.1) is 0 Å². The Morgan fingerprint density at radius 2 is 1.32 bits per heavy atom. The van der Waals surface area contributed by atoms with Crippen LogP contribution in [0.1, 0.15) is 135 Å². The average Bonchev–Trinajstić information content (AvgIpc) is 3.64. The third-order valence-electron chi connectivity index (χ3n) is 17.1. The number of hydrogen-bond donors (Lipinski definition) is 1. The molecular formula is C56H79NO6. The number of ether oxygens (including phenoxy) is 5. The summed E-state index contributed by atoms with van der Waals surface area (Å²) in [6.45, 7) is 15.8. The molecule has 3 aromatic carbocycles. The van der Waals surface area contributed by atoms with Crippen molar-refractivity contribution >= 4 is 5.91 Å².